The average Bonchev–Trinajstić information content (AvgIpc) is 2.47. The molecule has 1 unspecified atom stereocenters. The number of nitrogen functional groups attached to an aromatic ring is 1. The smallest absolute Gasteiger partial charge is 0.243 e. The fraction of sp³-hybridized carbons (Fsp3) is 0.571. The Morgan fingerprint density at radius 2 is 2.15 bits per heavy atom. The first-order valence-electron chi connectivity index (χ1n) is 6.99. The van der Waals surface area contributed by atoms with E-state index in [9.17, 15) is 8.42 Å². The first-order chi connectivity index (χ1) is 9.48. The number of rotatable bonds is 4. The summed E-state index contributed by atoms with van der Waals surface area (Å²) in [6, 6.07) is 4.99. The molecule has 1 saturated heterocycles. The van der Waals surface area contributed by atoms with Crippen LogP contribution in [0.15, 0.2) is 23.1 Å². The van der Waals surface area contributed by atoms with E-state index in [0.29, 0.717) is 25.4 Å². The predicted molar refractivity (Wildman–Crippen MR) is 79.0 cm³/mol. The fourth-order valence-corrected chi connectivity index (χ4v) is 3.85. The number of nitrogens with zero attached hydrogens (tertiary/aromatic N) is 1. The molecule has 5 nitrogen and oxygen atoms in total. The quantitative estimate of drug-likeness (QED) is 0.858. The van der Waals surface area contributed by atoms with E-state index in [-0.39, 0.29) is 11.0 Å². The minimum absolute atomic E-state index is 0.0224. The normalized spacial score (nSPS) is 21.0. The number of anilines is 1. The summed E-state index contributed by atoms with van der Waals surface area (Å²) in [4.78, 5) is 0.268. The first-order valence-corrected chi connectivity index (χ1v) is 8.43. The van der Waals surface area contributed by atoms with Gasteiger partial charge in [0.2, 0.25) is 10.0 Å². The van der Waals surface area contributed by atoms with Gasteiger partial charge in [-0.1, -0.05) is 19.9 Å². The van der Waals surface area contributed by atoms with Crippen molar-refractivity contribution in [1.29, 1.82) is 0 Å². The highest BCUT2D eigenvalue weighted by Crippen LogP contribution is 2.23. The van der Waals surface area contributed by atoms with Gasteiger partial charge in [-0.25, -0.2) is 8.42 Å². The fourth-order valence-electron chi connectivity index (χ4n) is 2.36. The minimum atomic E-state index is -3.48. The summed E-state index contributed by atoms with van der Waals surface area (Å²) < 4.78 is 32.2. The molecule has 0 aromatic heterocycles. The van der Waals surface area contributed by atoms with Gasteiger partial charge in [0, 0.05) is 18.8 Å². The molecule has 0 aliphatic carbocycles. The summed E-state index contributed by atoms with van der Waals surface area (Å²) in [5.74, 6) is 0. The van der Waals surface area contributed by atoms with Crippen molar-refractivity contribution < 1.29 is 13.2 Å². The molecular formula is C14H22N2O3S. The molecule has 2 rings (SSSR count). The molecule has 1 fully saturated rings. The zero-order valence-corrected chi connectivity index (χ0v) is 12.8. The summed E-state index contributed by atoms with van der Waals surface area (Å²) in [5, 5.41) is 0. The van der Waals surface area contributed by atoms with Gasteiger partial charge in [0.1, 0.15) is 0 Å². The third kappa shape index (κ3) is 2.97. The van der Waals surface area contributed by atoms with Crippen LogP contribution in [0.3, 0.4) is 0 Å². The van der Waals surface area contributed by atoms with Crippen LogP contribution in [0.25, 0.3) is 0 Å². The van der Waals surface area contributed by atoms with E-state index >= 15 is 0 Å². The number of hydrogen-bond acceptors (Lipinski definition) is 4. The second-order valence-corrected chi connectivity index (χ2v) is 6.92. The molecule has 1 aromatic carbocycles. The summed E-state index contributed by atoms with van der Waals surface area (Å²) in [6.45, 7) is 5.24. The third-order valence-electron chi connectivity index (χ3n) is 3.69. The molecule has 0 amide bonds. The maximum atomic E-state index is 12.6. The number of benzene rings is 1. The molecule has 0 spiro atoms. The molecule has 20 heavy (non-hydrogen) atoms. The molecule has 112 valence electrons. The van der Waals surface area contributed by atoms with E-state index in [1.54, 1.807) is 18.2 Å². The van der Waals surface area contributed by atoms with Crippen LogP contribution in [-0.4, -0.2) is 38.5 Å². The lowest BCUT2D eigenvalue weighted by Gasteiger charge is -2.31. The second kappa shape index (κ2) is 6.11. The van der Waals surface area contributed by atoms with E-state index < -0.39 is 10.0 Å². The molecule has 1 aliphatic heterocycles. The van der Waals surface area contributed by atoms with Crippen LogP contribution in [0.2, 0.25) is 0 Å². The average molecular weight is 298 g/mol. The van der Waals surface area contributed by atoms with Crippen LogP contribution in [0.1, 0.15) is 25.8 Å². The van der Waals surface area contributed by atoms with Crippen LogP contribution in [0.4, 0.5) is 5.69 Å². The van der Waals surface area contributed by atoms with Crippen molar-refractivity contribution in [1.82, 2.24) is 4.31 Å². The molecule has 1 aliphatic rings. The number of morpholine rings is 1. The van der Waals surface area contributed by atoms with Crippen molar-refractivity contribution in [2.45, 2.75) is 37.7 Å². The van der Waals surface area contributed by atoms with E-state index in [1.165, 1.54) is 4.31 Å². The van der Waals surface area contributed by atoms with E-state index in [2.05, 4.69) is 0 Å². The summed E-state index contributed by atoms with van der Waals surface area (Å²) >= 11 is 0. The molecule has 6 heteroatoms. The molecule has 1 aromatic rings. The van der Waals surface area contributed by atoms with Gasteiger partial charge >= 0.3 is 0 Å². The second-order valence-electron chi connectivity index (χ2n) is 4.98. The highest BCUT2D eigenvalue weighted by Gasteiger charge is 2.30. The van der Waals surface area contributed by atoms with Gasteiger partial charge in [-0.2, -0.15) is 4.31 Å². The van der Waals surface area contributed by atoms with Crippen molar-refractivity contribution in [2.24, 2.45) is 0 Å². The summed E-state index contributed by atoms with van der Waals surface area (Å²) in [6.07, 6.45) is 1.58. The summed E-state index contributed by atoms with van der Waals surface area (Å²) in [7, 11) is -3.48. The lowest BCUT2D eigenvalue weighted by Crippen LogP contribution is -2.45. The molecule has 0 radical (unpaired) electrons. The monoisotopic (exact) mass is 298 g/mol. The van der Waals surface area contributed by atoms with Crippen molar-refractivity contribution in [3.63, 3.8) is 0 Å². The maximum Gasteiger partial charge on any atom is 0.243 e. The van der Waals surface area contributed by atoms with Gasteiger partial charge in [0.15, 0.2) is 0 Å². The Morgan fingerprint density at radius 3 is 2.75 bits per heavy atom. The van der Waals surface area contributed by atoms with Crippen molar-refractivity contribution in [3.05, 3.63) is 23.8 Å². The zero-order chi connectivity index (χ0) is 14.8. The SMILES string of the molecule is CCc1ccc(S(=O)(=O)N2CCOC(CC)C2)cc1N. The number of sulfonamides is 1. The number of ether oxygens (including phenoxy) is 1. The Morgan fingerprint density at radius 1 is 1.40 bits per heavy atom. The van der Waals surface area contributed by atoms with Crippen molar-refractivity contribution in [2.75, 3.05) is 25.4 Å². The number of aryl methyl sites for hydroxylation is 1. The van der Waals surface area contributed by atoms with Gasteiger partial charge in [-0.3, -0.25) is 0 Å². The lowest BCUT2D eigenvalue weighted by atomic mass is 10.1. The van der Waals surface area contributed by atoms with Crippen molar-refractivity contribution >= 4 is 15.7 Å². The van der Waals surface area contributed by atoms with Crippen molar-refractivity contribution in [3.8, 4) is 0 Å². The van der Waals surface area contributed by atoms with E-state index in [0.717, 1.165) is 18.4 Å². The topological polar surface area (TPSA) is 72.6 Å². The molecule has 2 N–H and O–H groups in total. The van der Waals surface area contributed by atoms with Gasteiger partial charge < -0.3 is 10.5 Å². The van der Waals surface area contributed by atoms with Gasteiger partial charge in [-0.15, -0.1) is 0 Å². The maximum absolute atomic E-state index is 12.6. The summed E-state index contributed by atoms with van der Waals surface area (Å²) in [5.41, 5.74) is 7.41. The van der Waals surface area contributed by atoms with Crippen LogP contribution >= 0.6 is 0 Å². The molecule has 1 heterocycles. The Bertz CT molecular complexity index is 572. The van der Waals surface area contributed by atoms with Crippen LogP contribution < -0.4 is 5.73 Å². The zero-order valence-electron chi connectivity index (χ0n) is 12.0. The molecule has 0 saturated carbocycles. The Balaban J connectivity index is 2.28. The van der Waals surface area contributed by atoms with Crippen LogP contribution in [-0.2, 0) is 21.2 Å². The van der Waals surface area contributed by atoms with E-state index in [1.807, 2.05) is 13.8 Å². The number of nitrogens with two attached hydrogens (primary N) is 1. The standard InChI is InChI=1S/C14H22N2O3S/c1-3-11-5-6-13(9-14(11)15)20(17,18)16-7-8-19-12(4-2)10-16/h5-6,9,12H,3-4,7-8,10,15H2,1-2H3. The number of hydrogen-bond donors (Lipinski definition) is 1. The lowest BCUT2D eigenvalue weighted by molar-refractivity contribution is -0.00277. The van der Waals surface area contributed by atoms with Gasteiger partial charge in [-0.05, 0) is 30.5 Å². The Hall–Kier alpha value is -1.11. The molecular weight excluding hydrogens is 276 g/mol. The Labute approximate surface area is 120 Å². The first kappa shape index (κ1) is 15.3. The van der Waals surface area contributed by atoms with Gasteiger partial charge in [0.05, 0.1) is 17.6 Å². The van der Waals surface area contributed by atoms with Crippen LogP contribution in [0, 0.1) is 0 Å². The van der Waals surface area contributed by atoms with E-state index in [4.69, 9.17) is 10.5 Å². The molecule has 1 atom stereocenters. The Kier molecular flexibility index (Phi) is 4.67. The minimum Gasteiger partial charge on any atom is -0.398 e. The highest BCUT2D eigenvalue weighted by molar-refractivity contribution is 7.89. The van der Waals surface area contributed by atoms with Crippen LogP contribution in [0.5, 0.6) is 0 Å². The predicted octanol–water partition coefficient (Wildman–Crippen LogP) is 1.63. The molecule has 0 bridgehead atoms. The third-order valence-corrected chi connectivity index (χ3v) is 5.55. The largest absolute Gasteiger partial charge is 0.398 e. The van der Waals surface area contributed by atoms with Gasteiger partial charge in [0.25, 0.3) is 0 Å². The highest BCUT2D eigenvalue weighted by atomic mass is 32.2.